The van der Waals surface area contributed by atoms with Crippen LogP contribution in [0.4, 0.5) is 5.69 Å². The fourth-order valence-corrected chi connectivity index (χ4v) is 1.20. The van der Waals surface area contributed by atoms with Gasteiger partial charge in [0, 0.05) is 12.0 Å². The van der Waals surface area contributed by atoms with Crippen LogP contribution in [0, 0.1) is 16.0 Å². The molecule has 0 aliphatic heterocycles. The summed E-state index contributed by atoms with van der Waals surface area (Å²) < 4.78 is 4.90. The van der Waals surface area contributed by atoms with Crippen LogP contribution in [0.1, 0.15) is 12.5 Å². The Hall–Kier alpha value is -1.84. The van der Waals surface area contributed by atoms with Crippen LogP contribution in [0.3, 0.4) is 0 Å². The molecule has 4 nitrogen and oxygen atoms in total. The molecule has 0 spiro atoms. The van der Waals surface area contributed by atoms with E-state index in [-0.39, 0.29) is 11.4 Å². The van der Waals surface area contributed by atoms with Gasteiger partial charge in [-0.2, -0.15) is 0 Å². The molecule has 1 rings (SSSR count). The lowest BCUT2D eigenvalue weighted by molar-refractivity contribution is -0.385. The zero-order valence-corrected chi connectivity index (χ0v) is 8.69. The van der Waals surface area contributed by atoms with Crippen molar-refractivity contribution >= 4 is 5.69 Å². The van der Waals surface area contributed by atoms with Gasteiger partial charge in [0.1, 0.15) is 0 Å². The highest BCUT2D eigenvalue weighted by Crippen LogP contribution is 2.30. The van der Waals surface area contributed by atoms with Gasteiger partial charge in [-0.15, -0.1) is 6.58 Å². The topological polar surface area (TPSA) is 52.4 Å². The highest BCUT2D eigenvalue weighted by atomic mass is 16.6. The molecule has 1 aromatic carbocycles. The highest BCUT2D eigenvalue weighted by Gasteiger charge is 2.16. The summed E-state index contributed by atoms with van der Waals surface area (Å²) in [7, 11) is 1.41. The second kappa shape index (κ2) is 4.59. The molecule has 0 saturated carbocycles. The fourth-order valence-electron chi connectivity index (χ4n) is 1.20. The minimum atomic E-state index is -0.460. The zero-order chi connectivity index (χ0) is 11.4. The number of methoxy groups -OCH3 is 1. The number of nitrogens with zero attached hydrogens (tertiary/aromatic N) is 1. The predicted octanol–water partition coefficient (Wildman–Crippen LogP) is 2.73. The Morgan fingerprint density at radius 1 is 1.60 bits per heavy atom. The maximum atomic E-state index is 10.7. The maximum Gasteiger partial charge on any atom is 0.311 e. The molecule has 79 valence electrons. The summed E-state index contributed by atoms with van der Waals surface area (Å²) in [5, 5.41) is 10.7. The summed E-state index contributed by atoms with van der Waals surface area (Å²) in [4.78, 5) is 10.3. The zero-order valence-electron chi connectivity index (χ0n) is 8.69. The van der Waals surface area contributed by atoms with Crippen molar-refractivity contribution in [2.24, 2.45) is 0 Å². The van der Waals surface area contributed by atoms with Gasteiger partial charge in [-0.3, -0.25) is 10.1 Å². The van der Waals surface area contributed by atoms with Crippen molar-refractivity contribution in [3.05, 3.63) is 52.4 Å². The van der Waals surface area contributed by atoms with E-state index in [0.29, 0.717) is 0 Å². The average Bonchev–Trinajstić information content (AvgIpc) is 2.27. The quantitative estimate of drug-likeness (QED) is 0.562. The third-order valence-corrected chi connectivity index (χ3v) is 2.14. The monoisotopic (exact) mass is 206 g/mol. The van der Waals surface area contributed by atoms with Gasteiger partial charge in [0.2, 0.25) is 0 Å². The number of nitro groups is 1. The van der Waals surface area contributed by atoms with E-state index in [1.165, 1.54) is 13.2 Å². The van der Waals surface area contributed by atoms with Crippen LogP contribution in [-0.4, -0.2) is 12.0 Å². The van der Waals surface area contributed by atoms with Crippen LogP contribution >= 0.6 is 0 Å². The summed E-state index contributed by atoms with van der Waals surface area (Å²) in [5.74, 6) is 1.15. The number of nitro benzene ring substituents is 1. The maximum absolute atomic E-state index is 10.7. The smallest absolute Gasteiger partial charge is 0.311 e. The number of hydrogen-bond acceptors (Lipinski definition) is 3. The van der Waals surface area contributed by atoms with Crippen LogP contribution < -0.4 is 4.74 Å². The Balaban J connectivity index is 3.21. The van der Waals surface area contributed by atoms with Crippen molar-refractivity contribution in [1.82, 2.24) is 0 Å². The molecule has 0 amide bonds. The lowest BCUT2D eigenvalue weighted by Crippen LogP contribution is -1.97. The molecule has 0 heterocycles. The molecule has 0 bridgehead atoms. The van der Waals surface area contributed by atoms with E-state index in [1.54, 1.807) is 18.2 Å². The van der Waals surface area contributed by atoms with Gasteiger partial charge in [0.05, 0.1) is 12.0 Å². The van der Waals surface area contributed by atoms with Crippen molar-refractivity contribution in [1.29, 1.82) is 0 Å². The van der Waals surface area contributed by atoms with Crippen LogP contribution in [0.5, 0.6) is 5.75 Å². The first kappa shape index (κ1) is 11.2. The van der Waals surface area contributed by atoms with Crippen LogP contribution in [0.25, 0.3) is 0 Å². The Morgan fingerprint density at radius 2 is 2.27 bits per heavy atom. The normalized spacial score (nSPS) is 10.1. The molecule has 1 radical (unpaired) electrons. The summed E-state index contributed by atoms with van der Waals surface area (Å²) >= 11 is 0. The van der Waals surface area contributed by atoms with Crippen molar-refractivity contribution < 1.29 is 9.66 Å². The van der Waals surface area contributed by atoms with E-state index < -0.39 is 4.92 Å². The molecule has 15 heavy (non-hydrogen) atoms. The number of allylic oxidation sites excluding steroid dienone is 1. The first-order valence-corrected chi connectivity index (χ1v) is 4.39. The summed E-state index contributed by atoms with van der Waals surface area (Å²) in [6, 6.07) is 4.83. The summed E-state index contributed by atoms with van der Waals surface area (Å²) in [6.07, 6.45) is 1.66. The van der Waals surface area contributed by atoms with E-state index >= 15 is 0 Å². The lowest BCUT2D eigenvalue weighted by atomic mass is 10.0. The number of hydrogen-bond donors (Lipinski definition) is 0. The van der Waals surface area contributed by atoms with Gasteiger partial charge in [-0.05, 0) is 11.6 Å². The molecule has 4 heteroatoms. The Kier molecular flexibility index (Phi) is 3.44. The van der Waals surface area contributed by atoms with Gasteiger partial charge >= 0.3 is 5.69 Å². The average molecular weight is 206 g/mol. The molecule has 0 aliphatic rings. The van der Waals surface area contributed by atoms with Crippen molar-refractivity contribution in [3.8, 4) is 5.75 Å². The van der Waals surface area contributed by atoms with Crippen molar-refractivity contribution in [2.75, 3.05) is 7.11 Å². The molecule has 0 N–H and O–H groups in total. The van der Waals surface area contributed by atoms with E-state index in [2.05, 4.69) is 6.58 Å². The van der Waals surface area contributed by atoms with Gasteiger partial charge < -0.3 is 4.74 Å². The first-order valence-electron chi connectivity index (χ1n) is 4.39. The third kappa shape index (κ3) is 2.34. The lowest BCUT2D eigenvalue weighted by Gasteiger charge is -2.07. The van der Waals surface area contributed by atoms with Crippen LogP contribution in [0.2, 0.25) is 0 Å². The SMILES string of the molecule is C=C[C](C)c1ccc(OC)c([N+](=O)[O-])c1. The molecular weight excluding hydrogens is 194 g/mol. The minimum absolute atomic E-state index is 0.0313. The number of benzene rings is 1. The molecule has 0 unspecified atom stereocenters. The van der Waals surface area contributed by atoms with Crippen LogP contribution in [-0.2, 0) is 0 Å². The molecule has 0 aromatic heterocycles. The second-order valence-electron chi connectivity index (χ2n) is 3.03. The number of rotatable bonds is 4. The summed E-state index contributed by atoms with van der Waals surface area (Å²) in [6.45, 7) is 5.46. The largest absolute Gasteiger partial charge is 0.490 e. The molecule has 0 aliphatic carbocycles. The highest BCUT2D eigenvalue weighted by molar-refractivity contribution is 5.52. The standard InChI is InChI=1S/C11H12NO3/c1-4-8(2)9-5-6-11(15-3)10(7-9)12(13)14/h4-7H,1H2,2-3H3. The van der Waals surface area contributed by atoms with Gasteiger partial charge in [-0.1, -0.05) is 19.1 Å². The minimum Gasteiger partial charge on any atom is -0.490 e. The second-order valence-corrected chi connectivity index (χ2v) is 3.03. The van der Waals surface area contributed by atoms with E-state index in [1.807, 2.05) is 6.92 Å². The van der Waals surface area contributed by atoms with E-state index in [4.69, 9.17) is 4.74 Å². The molecule has 1 aromatic rings. The van der Waals surface area contributed by atoms with Gasteiger partial charge in [-0.25, -0.2) is 0 Å². The Morgan fingerprint density at radius 3 is 2.73 bits per heavy atom. The number of ether oxygens (including phenoxy) is 1. The van der Waals surface area contributed by atoms with Crippen molar-refractivity contribution in [2.45, 2.75) is 6.92 Å². The summed E-state index contributed by atoms with van der Waals surface area (Å²) in [5.41, 5.74) is 0.744. The third-order valence-electron chi connectivity index (χ3n) is 2.14. The molecule has 0 fully saturated rings. The van der Waals surface area contributed by atoms with Crippen LogP contribution in [0.15, 0.2) is 30.9 Å². The molecular formula is C11H12NO3. The predicted molar refractivity (Wildman–Crippen MR) is 57.9 cm³/mol. The fraction of sp³-hybridized carbons (Fsp3) is 0.182. The molecule has 0 saturated heterocycles. The molecule has 0 atom stereocenters. The Bertz CT molecular complexity index is 387. The van der Waals surface area contributed by atoms with E-state index in [9.17, 15) is 10.1 Å². The Labute approximate surface area is 88.3 Å². The van der Waals surface area contributed by atoms with Gasteiger partial charge in [0.25, 0.3) is 0 Å². The van der Waals surface area contributed by atoms with Crippen molar-refractivity contribution in [3.63, 3.8) is 0 Å². The first-order chi connectivity index (χ1) is 7.10. The van der Waals surface area contributed by atoms with Gasteiger partial charge in [0.15, 0.2) is 5.75 Å². The van der Waals surface area contributed by atoms with E-state index in [0.717, 1.165) is 11.5 Å².